The maximum atomic E-state index is 12.8. The van der Waals surface area contributed by atoms with Gasteiger partial charge in [-0.25, -0.2) is 17.5 Å². The van der Waals surface area contributed by atoms with E-state index in [-0.39, 0.29) is 17.1 Å². The number of para-hydroxylation sites is 2. The van der Waals surface area contributed by atoms with Crippen molar-refractivity contribution in [3.63, 3.8) is 0 Å². The van der Waals surface area contributed by atoms with Crippen LogP contribution in [0.1, 0.15) is 12.5 Å². The van der Waals surface area contributed by atoms with Crippen molar-refractivity contribution in [3.05, 3.63) is 54.1 Å². The number of aryl methyl sites for hydroxylation is 1. The van der Waals surface area contributed by atoms with E-state index in [0.717, 1.165) is 4.31 Å². The van der Waals surface area contributed by atoms with Crippen molar-refractivity contribution in [1.29, 1.82) is 0 Å². The van der Waals surface area contributed by atoms with Gasteiger partial charge in [-0.15, -0.1) is 0 Å². The molecule has 23 heavy (non-hydrogen) atoms. The van der Waals surface area contributed by atoms with Gasteiger partial charge in [0, 0.05) is 12.2 Å². The zero-order valence-electron chi connectivity index (χ0n) is 13.0. The number of carbonyl (C=O) groups is 1. The van der Waals surface area contributed by atoms with Crippen LogP contribution in [0, 0.1) is 6.92 Å². The number of carbonyl (C=O) groups excluding carboxylic acids is 1. The first kappa shape index (κ1) is 16.8. The molecule has 7 heteroatoms. The third-order valence-electron chi connectivity index (χ3n) is 3.39. The molecule has 2 rings (SSSR count). The van der Waals surface area contributed by atoms with E-state index in [2.05, 4.69) is 5.32 Å². The lowest BCUT2D eigenvalue weighted by atomic mass is 10.2. The number of nitrogen functional groups attached to an aromatic ring is 1. The molecule has 2 aromatic carbocycles. The van der Waals surface area contributed by atoms with E-state index in [1.54, 1.807) is 56.3 Å². The number of nitrogens with zero attached hydrogens (tertiary/aromatic N) is 1. The molecule has 0 bridgehead atoms. The number of nitrogens with one attached hydrogen (secondary N) is 1. The number of sulfonamides is 1. The Morgan fingerprint density at radius 3 is 2.39 bits per heavy atom. The van der Waals surface area contributed by atoms with Gasteiger partial charge < -0.3 is 11.1 Å². The third kappa shape index (κ3) is 3.45. The van der Waals surface area contributed by atoms with E-state index in [0.29, 0.717) is 11.3 Å². The van der Waals surface area contributed by atoms with Crippen LogP contribution in [-0.4, -0.2) is 25.3 Å². The SMILES string of the molecule is CCN(C(=O)Nc1ccccc1)S(=O)(=O)c1cccc(C)c1N. The lowest BCUT2D eigenvalue weighted by Crippen LogP contribution is -2.40. The number of benzene rings is 2. The Bertz CT molecular complexity index is 805. The van der Waals surface area contributed by atoms with E-state index < -0.39 is 16.1 Å². The molecule has 0 aliphatic carbocycles. The lowest BCUT2D eigenvalue weighted by Gasteiger charge is -2.22. The van der Waals surface area contributed by atoms with Crippen molar-refractivity contribution in [2.24, 2.45) is 0 Å². The Hall–Kier alpha value is -2.54. The molecular formula is C16H19N3O3S. The molecule has 2 aromatic rings. The molecule has 122 valence electrons. The molecule has 6 nitrogen and oxygen atoms in total. The van der Waals surface area contributed by atoms with E-state index in [4.69, 9.17) is 5.73 Å². The largest absolute Gasteiger partial charge is 0.397 e. The van der Waals surface area contributed by atoms with E-state index in [1.807, 2.05) is 0 Å². The minimum Gasteiger partial charge on any atom is -0.397 e. The second kappa shape index (κ2) is 6.70. The van der Waals surface area contributed by atoms with Crippen LogP contribution in [0.15, 0.2) is 53.4 Å². The Balaban J connectivity index is 2.35. The first-order valence-electron chi connectivity index (χ1n) is 7.11. The average Bonchev–Trinajstić information content (AvgIpc) is 2.51. The van der Waals surface area contributed by atoms with Crippen molar-refractivity contribution < 1.29 is 13.2 Å². The summed E-state index contributed by atoms with van der Waals surface area (Å²) in [6, 6.07) is 12.7. The van der Waals surface area contributed by atoms with Crippen molar-refractivity contribution in [1.82, 2.24) is 4.31 Å². The normalized spacial score (nSPS) is 11.0. The summed E-state index contributed by atoms with van der Waals surface area (Å²) in [5, 5.41) is 2.57. The molecule has 0 unspecified atom stereocenters. The van der Waals surface area contributed by atoms with Gasteiger partial charge in [0.1, 0.15) is 4.90 Å². The lowest BCUT2D eigenvalue weighted by molar-refractivity contribution is 0.237. The first-order valence-corrected chi connectivity index (χ1v) is 8.55. The van der Waals surface area contributed by atoms with Gasteiger partial charge >= 0.3 is 6.03 Å². The fourth-order valence-electron chi connectivity index (χ4n) is 2.13. The smallest absolute Gasteiger partial charge is 0.335 e. The minimum absolute atomic E-state index is 0.00557. The number of amides is 2. The molecular weight excluding hydrogens is 314 g/mol. The third-order valence-corrected chi connectivity index (χ3v) is 5.31. The summed E-state index contributed by atoms with van der Waals surface area (Å²) in [5.74, 6) is 0. The second-order valence-corrected chi connectivity index (χ2v) is 6.78. The molecule has 2 amide bonds. The molecule has 0 atom stereocenters. The zero-order chi connectivity index (χ0) is 17.0. The van der Waals surface area contributed by atoms with Crippen LogP contribution >= 0.6 is 0 Å². The second-order valence-electron chi connectivity index (χ2n) is 4.95. The molecule has 0 aliphatic rings. The fourth-order valence-corrected chi connectivity index (χ4v) is 3.66. The summed E-state index contributed by atoms with van der Waals surface area (Å²) < 4.78 is 26.3. The minimum atomic E-state index is -4.03. The molecule has 0 saturated carbocycles. The molecule has 0 aromatic heterocycles. The van der Waals surface area contributed by atoms with Gasteiger partial charge in [0.2, 0.25) is 0 Å². The maximum Gasteiger partial charge on any atom is 0.335 e. The van der Waals surface area contributed by atoms with Crippen molar-refractivity contribution in [2.45, 2.75) is 18.7 Å². The summed E-state index contributed by atoms with van der Waals surface area (Å²) in [4.78, 5) is 12.3. The number of nitrogens with two attached hydrogens (primary N) is 1. The Morgan fingerprint density at radius 1 is 1.13 bits per heavy atom. The summed E-state index contributed by atoms with van der Waals surface area (Å²) in [5.41, 5.74) is 7.19. The van der Waals surface area contributed by atoms with E-state index in [9.17, 15) is 13.2 Å². The van der Waals surface area contributed by atoms with Crippen LogP contribution in [-0.2, 0) is 10.0 Å². The van der Waals surface area contributed by atoms with Gasteiger partial charge in [0.25, 0.3) is 10.0 Å². The average molecular weight is 333 g/mol. The van der Waals surface area contributed by atoms with E-state index >= 15 is 0 Å². The fraction of sp³-hybridized carbons (Fsp3) is 0.188. The van der Waals surface area contributed by atoms with Crippen LogP contribution in [0.25, 0.3) is 0 Å². The van der Waals surface area contributed by atoms with Gasteiger partial charge in [-0.1, -0.05) is 30.3 Å². The highest BCUT2D eigenvalue weighted by atomic mass is 32.2. The van der Waals surface area contributed by atoms with Gasteiger partial charge in [-0.3, -0.25) is 0 Å². The standard InChI is InChI=1S/C16H19N3O3S/c1-3-19(16(20)18-13-9-5-4-6-10-13)23(21,22)14-11-7-8-12(2)15(14)17/h4-11H,3,17H2,1-2H3,(H,18,20). The van der Waals surface area contributed by atoms with E-state index in [1.165, 1.54) is 6.07 Å². The number of urea groups is 1. The van der Waals surface area contributed by atoms with Crippen molar-refractivity contribution in [2.75, 3.05) is 17.6 Å². The van der Waals surface area contributed by atoms with Gasteiger partial charge in [-0.2, -0.15) is 0 Å². The summed E-state index contributed by atoms with van der Waals surface area (Å²) in [7, 11) is -4.03. The van der Waals surface area contributed by atoms with Crippen LogP contribution in [0.2, 0.25) is 0 Å². The van der Waals surface area contributed by atoms with Crippen LogP contribution in [0.4, 0.5) is 16.2 Å². The number of anilines is 2. The molecule has 0 spiro atoms. The Kier molecular flexibility index (Phi) is 4.90. The van der Waals surface area contributed by atoms with Gasteiger partial charge in [-0.05, 0) is 37.6 Å². The Morgan fingerprint density at radius 2 is 1.78 bits per heavy atom. The summed E-state index contributed by atoms with van der Waals surface area (Å²) >= 11 is 0. The highest BCUT2D eigenvalue weighted by Gasteiger charge is 2.30. The monoisotopic (exact) mass is 333 g/mol. The zero-order valence-corrected chi connectivity index (χ0v) is 13.8. The molecule has 0 aliphatic heterocycles. The topological polar surface area (TPSA) is 92.5 Å². The highest BCUT2D eigenvalue weighted by molar-refractivity contribution is 7.89. The summed E-state index contributed by atoms with van der Waals surface area (Å²) in [6.45, 7) is 3.30. The predicted octanol–water partition coefficient (Wildman–Crippen LogP) is 2.82. The van der Waals surface area contributed by atoms with Crippen LogP contribution < -0.4 is 11.1 Å². The number of hydrogen-bond acceptors (Lipinski definition) is 4. The number of rotatable bonds is 4. The molecule has 0 radical (unpaired) electrons. The maximum absolute atomic E-state index is 12.8. The molecule has 0 fully saturated rings. The summed E-state index contributed by atoms with van der Waals surface area (Å²) in [6.07, 6.45) is 0. The highest BCUT2D eigenvalue weighted by Crippen LogP contribution is 2.25. The molecule has 0 heterocycles. The van der Waals surface area contributed by atoms with Crippen LogP contribution in [0.3, 0.4) is 0 Å². The van der Waals surface area contributed by atoms with Crippen molar-refractivity contribution in [3.8, 4) is 0 Å². The van der Waals surface area contributed by atoms with Crippen molar-refractivity contribution >= 4 is 27.4 Å². The van der Waals surface area contributed by atoms with Gasteiger partial charge in [0.15, 0.2) is 0 Å². The van der Waals surface area contributed by atoms with Crippen LogP contribution in [0.5, 0.6) is 0 Å². The van der Waals surface area contributed by atoms with Gasteiger partial charge in [0.05, 0.1) is 5.69 Å². The molecule has 3 N–H and O–H groups in total. The quantitative estimate of drug-likeness (QED) is 0.842. The number of hydrogen-bond donors (Lipinski definition) is 2. The predicted molar refractivity (Wildman–Crippen MR) is 90.6 cm³/mol. The molecule has 0 saturated heterocycles. The Labute approximate surface area is 136 Å². The first-order chi connectivity index (χ1) is 10.9.